The van der Waals surface area contributed by atoms with E-state index < -0.39 is 0 Å². The minimum atomic E-state index is -0.00525. The Balaban J connectivity index is 0.00000192. The van der Waals surface area contributed by atoms with Crippen molar-refractivity contribution in [3.8, 4) is 0 Å². The molecule has 7 heteroatoms. The largest absolute Gasteiger partial charge is 0.375 e. The van der Waals surface area contributed by atoms with E-state index >= 15 is 0 Å². The monoisotopic (exact) mass is 345 g/mol. The molecule has 23 heavy (non-hydrogen) atoms. The highest BCUT2D eigenvalue weighted by Crippen LogP contribution is 2.33. The first-order valence-corrected chi connectivity index (χ1v) is 8.50. The molecule has 0 bridgehead atoms. The number of carbonyl (C=O) groups excluding carboxylic acids is 2. The minimum Gasteiger partial charge on any atom is -0.375 e. The van der Waals surface area contributed by atoms with E-state index in [4.69, 9.17) is 4.74 Å². The minimum absolute atomic E-state index is 0. The molecule has 132 valence electrons. The number of nitrogens with zero attached hydrogens (tertiary/aromatic N) is 2. The molecule has 1 N–H and O–H groups in total. The predicted molar refractivity (Wildman–Crippen MR) is 89.6 cm³/mol. The second kappa shape index (κ2) is 8.31. The summed E-state index contributed by atoms with van der Waals surface area (Å²) in [4.78, 5) is 28.2. The molecule has 0 spiro atoms. The van der Waals surface area contributed by atoms with E-state index in [-0.39, 0.29) is 36.9 Å². The van der Waals surface area contributed by atoms with Crippen LogP contribution in [0.1, 0.15) is 32.1 Å². The summed E-state index contributed by atoms with van der Waals surface area (Å²) in [6, 6.07) is 0.543. The van der Waals surface area contributed by atoms with Crippen LogP contribution in [-0.4, -0.2) is 73.6 Å². The summed E-state index contributed by atoms with van der Waals surface area (Å²) in [5.74, 6) is 0.931. The Morgan fingerprint density at radius 3 is 2.39 bits per heavy atom. The fourth-order valence-electron chi connectivity index (χ4n) is 4.12. The fourth-order valence-corrected chi connectivity index (χ4v) is 4.12. The van der Waals surface area contributed by atoms with Gasteiger partial charge in [0.05, 0.1) is 6.04 Å². The summed E-state index contributed by atoms with van der Waals surface area (Å²) in [6.07, 6.45) is 6.07. The number of piperazine rings is 1. The number of hydrogen-bond donors (Lipinski definition) is 1. The fraction of sp³-hybridized carbons (Fsp3) is 0.875. The van der Waals surface area contributed by atoms with Crippen molar-refractivity contribution in [2.75, 3.05) is 39.9 Å². The van der Waals surface area contributed by atoms with Crippen LogP contribution in [0.15, 0.2) is 0 Å². The van der Waals surface area contributed by atoms with Gasteiger partial charge in [0.2, 0.25) is 11.8 Å². The molecule has 1 saturated carbocycles. The van der Waals surface area contributed by atoms with Crippen molar-refractivity contribution < 1.29 is 14.3 Å². The Morgan fingerprint density at radius 2 is 1.74 bits per heavy atom. The lowest BCUT2D eigenvalue weighted by Crippen LogP contribution is -2.55. The molecule has 0 aromatic rings. The maximum absolute atomic E-state index is 12.7. The van der Waals surface area contributed by atoms with E-state index in [0.29, 0.717) is 38.1 Å². The average molecular weight is 346 g/mol. The van der Waals surface area contributed by atoms with Crippen molar-refractivity contribution in [1.82, 2.24) is 15.1 Å². The summed E-state index contributed by atoms with van der Waals surface area (Å²) >= 11 is 0. The van der Waals surface area contributed by atoms with Crippen molar-refractivity contribution >= 4 is 24.2 Å². The molecular formula is C16H28ClN3O3. The highest BCUT2D eigenvalue weighted by atomic mass is 35.5. The summed E-state index contributed by atoms with van der Waals surface area (Å²) < 4.78 is 4.88. The Bertz CT molecular complexity index is 413. The van der Waals surface area contributed by atoms with E-state index in [1.807, 2.05) is 4.90 Å². The van der Waals surface area contributed by atoms with Crippen LogP contribution < -0.4 is 5.32 Å². The third kappa shape index (κ3) is 4.17. The number of rotatable bonds is 3. The Morgan fingerprint density at radius 1 is 1.09 bits per heavy atom. The molecule has 1 aliphatic carbocycles. The molecule has 0 aromatic heterocycles. The molecule has 0 aromatic carbocycles. The van der Waals surface area contributed by atoms with Gasteiger partial charge in [0.15, 0.2) is 0 Å². The van der Waals surface area contributed by atoms with Crippen molar-refractivity contribution in [1.29, 1.82) is 0 Å². The van der Waals surface area contributed by atoms with E-state index in [1.165, 1.54) is 32.8 Å². The summed E-state index contributed by atoms with van der Waals surface area (Å²) in [5.41, 5.74) is 0. The van der Waals surface area contributed by atoms with Crippen LogP contribution in [0.4, 0.5) is 0 Å². The van der Waals surface area contributed by atoms with Gasteiger partial charge in [0.25, 0.3) is 0 Å². The maximum Gasteiger partial charge on any atom is 0.248 e. The van der Waals surface area contributed by atoms with Crippen LogP contribution >= 0.6 is 12.4 Å². The van der Waals surface area contributed by atoms with Crippen molar-refractivity contribution in [2.45, 2.75) is 44.2 Å². The predicted octanol–water partition coefficient (Wildman–Crippen LogP) is 0.646. The lowest BCUT2D eigenvalue weighted by atomic mass is 9.85. The van der Waals surface area contributed by atoms with E-state index in [9.17, 15) is 9.59 Å². The van der Waals surface area contributed by atoms with E-state index in [1.54, 1.807) is 4.90 Å². The van der Waals surface area contributed by atoms with Gasteiger partial charge in [-0.2, -0.15) is 0 Å². The summed E-state index contributed by atoms with van der Waals surface area (Å²) in [6.45, 7) is 2.64. The van der Waals surface area contributed by atoms with Crippen LogP contribution in [0.2, 0.25) is 0 Å². The van der Waals surface area contributed by atoms with Gasteiger partial charge in [-0.15, -0.1) is 12.4 Å². The van der Waals surface area contributed by atoms with Crippen LogP contribution in [0.25, 0.3) is 0 Å². The molecular weight excluding hydrogens is 318 g/mol. The Kier molecular flexibility index (Phi) is 6.68. The van der Waals surface area contributed by atoms with E-state index in [0.717, 1.165) is 6.42 Å². The smallest absolute Gasteiger partial charge is 0.248 e. The number of fused-ring (bicyclic) bond motifs is 1. The van der Waals surface area contributed by atoms with Crippen LogP contribution in [0.5, 0.6) is 0 Å². The first-order chi connectivity index (χ1) is 10.7. The highest BCUT2D eigenvalue weighted by Gasteiger charge is 2.40. The van der Waals surface area contributed by atoms with Crippen molar-refractivity contribution in [3.63, 3.8) is 0 Å². The highest BCUT2D eigenvalue weighted by molar-refractivity contribution is 5.85. The van der Waals surface area contributed by atoms with Crippen LogP contribution in [-0.2, 0) is 14.3 Å². The van der Waals surface area contributed by atoms with Gasteiger partial charge in [-0.05, 0) is 25.2 Å². The zero-order valence-electron chi connectivity index (χ0n) is 13.8. The molecule has 2 saturated heterocycles. The van der Waals surface area contributed by atoms with Gasteiger partial charge in [0.1, 0.15) is 6.61 Å². The number of methoxy groups -OCH3 is 1. The van der Waals surface area contributed by atoms with Gasteiger partial charge >= 0.3 is 0 Å². The lowest BCUT2D eigenvalue weighted by molar-refractivity contribution is -0.142. The van der Waals surface area contributed by atoms with Gasteiger partial charge < -0.3 is 19.9 Å². The van der Waals surface area contributed by atoms with Crippen molar-refractivity contribution in [2.24, 2.45) is 5.92 Å². The molecule has 2 amide bonds. The topological polar surface area (TPSA) is 61.9 Å². The molecule has 3 fully saturated rings. The second-order valence-electron chi connectivity index (χ2n) is 6.75. The summed E-state index contributed by atoms with van der Waals surface area (Å²) in [7, 11) is 1.53. The number of ether oxygens (including phenoxy) is 1. The third-order valence-electron chi connectivity index (χ3n) is 5.37. The van der Waals surface area contributed by atoms with E-state index in [2.05, 4.69) is 5.32 Å². The Hall–Kier alpha value is -0.850. The second-order valence-corrected chi connectivity index (χ2v) is 6.75. The number of hydrogen-bond acceptors (Lipinski definition) is 4. The molecule has 6 nitrogen and oxygen atoms in total. The number of carbonyl (C=O) groups is 2. The first kappa shape index (κ1) is 18.5. The first-order valence-electron chi connectivity index (χ1n) is 8.50. The molecule has 3 aliphatic rings. The van der Waals surface area contributed by atoms with Gasteiger partial charge in [0, 0.05) is 39.3 Å². The zero-order valence-corrected chi connectivity index (χ0v) is 14.6. The van der Waals surface area contributed by atoms with Crippen molar-refractivity contribution in [3.05, 3.63) is 0 Å². The molecule has 3 unspecified atom stereocenters. The lowest BCUT2D eigenvalue weighted by Gasteiger charge is -2.36. The number of amides is 2. The van der Waals surface area contributed by atoms with Crippen LogP contribution in [0.3, 0.4) is 0 Å². The standard InChI is InChI=1S/C16H27N3O3.ClH/c1-22-11-15(20)18-6-8-19(9-7-18)16(21)14-10-12-4-2-3-5-13(12)17-14;/h12-14,17H,2-11H2,1H3;1H. The Labute approximate surface area is 144 Å². The molecule has 2 heterocycles. The van der Waals surface area contributed by atoms with Gasteiger partial charge in [-0.25, -0.2) is 0 Å². The average Bonchev–Trinajstić information content (AvgIpc) is 2.98. The van der Waals surface area contributed by atoms with Gasteiger partial charge in [-0.3, -0.25) is 9.59 Å². The molecule has 3 rings (SSSR count). The summed E-state index contributed by atoms with van der Waals surface area (Å²) in [5, 5.41) is 3.55. The SMILES string of the molecule is COCC(=O)N1CCN(C(=O)C2CC3CCCCC3N2)CC1.Cl. The molecule has 0 radical (unpaired) electrons. The molecule has 3 atom stereocenters. The zero-order chi connectivity index (χ0) is 15.5. The normalized spacial score (nSPS) is 30.6. The van der Waals surface area contributed by atoms with Gasteiger partial charge in [-0.1, -0.05) is 12.8 Å². The molecule has 2 aliphatic heterocycles. The number of halogens is 1. The third-order valence-corrected chi connectivity index (χ3v) is 5.37. The maximum atomic E-state index is 12.7. The van der Waals surface area contributed by atoms with Crippen LogP contribution in [0, 0.1) is 5.92 Å². The number of nitrogens with one attached hydrogen (secondary N) is 1. The quantitative estimate of drug-likeness (QED) is 0.815.